The fourth-order valence-electron chi connectivity index (χ4n) is 1.94. The highest BCUT2D eigenvalue weighted by molar-refractivity contribution is 5.96. The van der Waals surface area contributed by atoms with Crippen molar-refractivity contribution in [2.45, 2.75) is 6.92 Å². The monoisotopic (exact) mass is 331 g/mol. The van der Waals surface area contributed by atoms with Gasteiger partial charge in [-0.15, -0.1) is 0 Å². The molecule has 0 aromatic heterocycles. The minimum absolute atomic E-state index is 0.0764. The number of rotatable bonds is 6. The average Bonchev–Trinajstić information content (AvgIpc) is 2.54. The third-order valence-electron chi connectivity index (χ3n) is 3.17. The van der Waals surface area contributed by atoms with Gasteiger partial charge in [-0.25, -0.2) is 0 Å². The van der Waals surface area contributed by atoms with Crippen LogP contribution < -0.4 is 10.6 Å². The quantitative estimate of drug-likeness (QED) is 0.481. The highest BCUT2D eigenvalue weighted by atomic mass is 19.1. The van der Waals surface area contributed by atoms with Crippen LogP contribution in [0.15, 0.2) is 42.5 Å². The molecule has 0 unspecified atom stereocenters. The second-order valence-electron chi connectivity index (χ2n) is 4.96. The number of halogens is 1. The van der Waals surface area contributed by atoms with Crippen LogP contribution in [0.1, 0.15) is 17.3 Å². The zero-order valence-corrected chi connectivity index (χ0v) is 12.7. The number of hydrogen-bond acceptors (Lipinski definition) is 5. The molecule has 124 valence electrons. The number of anilines is 2. The van der Waals surface area contributed by atoms with Gasteiger partial charge in [0.1, 0.15) is 0 Å². The highest BCUT2D eigenvalue weighted by Crippen LogP contribution is 2.21. The number of nitrogens with zero attached hydrogens (tertiary/aromatic N) is 1. The molecule has 0 aliphatic heterocycles. The van der Waals surface area contributed by atoms with Gasteiger partial charge < -0.3 is 10.6 Å². The van der Waals surface area contributed by atoms with Gasteiger partial charge in [-0.05, 0) is 43.3 Å². The van der Waals surface area contributed by atoms with Crippen LogP contribution in [0, 0.1) is 15.9 Å². The van der Waals surface area contributed by atoms with Crippen LogP contribution in [0.3, 0.4) is 0 Å². The molecule has 0 saturated carbocycles. The van der Waals surface area contributed by atoms with Gasteiger partial charge in [-0.3, -0.25) is 19.7 Å². The molecule has 2 aromatic rings. The molecule has 0 heterocycles. The lowest BCUT2D eigenvalue weighted by molar-refractivity contribution is -0.387. The molecular formula is C16H14FN3O4. The molecule has 2 aromatic carbocycles. The van der Waals surface area contributed by atoms with Crippen LogP contribution in [0.25, 0.3) is 0 Å². The Morgan fingerprint density at radius 1 is 1.12 bits per heavy atom. The summed E-state index contributed by atoms with van der Waals surface area (Å²) >= 11 is 0. The van der Waals surface area contributed by atoms with Crippen molar-refractivity contribution in [2.24, 2.45) is 0 Å². The van der Waals surface area contributed by atoms with Crippen LogP contribution in [-0.2, 0) is 4.79 Å². The Labute approximate surface area is 136 Å². The lowest BCUT2D eigenvalue weighted by atomic mass is 10.1. The number of nitrogens with one attached hydrogen (secondary N) is 2. The summed E-state index contributed by atoms with van der Waals surface area (Å²) in [4.78, 5) is 32.8. The van der Waals surface area contributed by atoms with Crippen LogP contribution >= 0.6 is 0 Å². The molecule has 1 amide bonds. The van der Waals surface area contributed by atoms with E-state index in [0.29, 0.717) is 11.3 Å². The molecule has 0 spiro atoms. The third-order valence-corrected chi connectivity index (χ3v) is 3.17. The minimum Gasteiger partial charge on any atom is -0.376 e. The number of Topliss-reactive ketones (excluding diaryl/α,β-unsaturated/α-hetero) is 1. The first-order chi connectivity index (χ1) is 11.4. The summed E-state index contributed by atoms with van der Waals surface area (Å²) in [5.74, 6) is -1.41. The Hall–Kier alpha value is -3.29. The molecule has 0 aliphatic rings. The second kappa shape index (κ2) is 7.32. The SMILES string of the molecule is CC(=O)c1ccc(NC(=O)CNc2ccc(F)c([N+](=O)[O-])c2)cc1. The molecule has 2 rings (SSSR count). The maximum Gasteiger partial charge on any atom is 0.306 e. The van der Waals surface area contributed by atoms with E-state index >= 15 is 0 Å². The maximum absolute atomic E-state index is 13.2. The Morgan fingerprint density at radius 2 is 1.75 bits per heavy atom. The third kappa shape index (κ3) is 4.35. The van der Waals surface area contributed by atoms with Crippen molar-refractivity contribution in [3.8, 4) is 0 Å². The van der Waals surface area contributed by atoms with Crippen LogP contribution in [-0.4, -0.2) is 23.2 Å². The van der Waals surface area contributed by atoms with Crippen molar-refractivity contribution in [2.75, 3.05) is 17.2 Å². The molecule has 0 aliphatic carbocycles. The molecule has 2 N–H and O–H groups in total. The van der Waals surface area contributed by atoms with E-state index in [9.17, 15) is 24.1 Å². The van der Waals surface area contributed by atoms with E-state index in [1.54, 1.807) is 24.3 Å². The number of amides is 1. The molecular weight excluding hydrogens is 317 g/mol. The topological polar surface area (TPSA) is 101 Å². The Balaban J connectivity index is 1.94. The number of benzene rings is 2. The summed E-state index contributed by atoms with van der Waals surface area (Å²) in [5.41, 5.74) is 0.632. The summed E-state index contributed by atoms with van der Waals surface area (Å²) < 4.78 is 13.2. The first kappa shape index (κ1) is 17.1. The van der Waals surface area contributed by atoms with Gasteiger partial charge >= 0.3 is 5.69 Å². The van der Waals surface area contributed by atoms with Crippen molar-refractivity contribution in [1.29, 1.82) is 0 Å². The maximum atomic E-state index is 13.2. The van der Waals surface area contributed by atoms with Crippen molar-refractivity contribution < 1.29 is 18.9 Å². The zero-order chi connectivity index (χ0) is 17.7. The average molecular weight is 331 g/mol. The summed E-state index contributed by atoms with van der Waals surface area (Å²) in [6.45, 7) is 1.29. The largest absolute Gasteiger partial charge is 0.376 e. The molecule has 0 radical (unpaired) electrons. The summed E-state index contributed by atoms with van der Waals surface area (Å²) in [7, 11) is 0. The first-order valence-corrected chi connectivity index (χ1v) is 6.95. The van der Waals surface area contributed by atoms with E-state index in [1.807, 2.05) is 0 Å². The Morgan fingerprint density at radius 3 is 2.33 bits per heavy atom. The smallest absolute Gasteiger partial charge is 0.306 e. The minimum atomic E-state index is -0.944. The van der Waals surface area contributed by atoms with Crippen molar-refractivity contribution in [1.82, 2.24) is 0 Å². The van der Waals surface area contributed by atoms with Gasteiger partial charge in [0.2, 0.25) is 11.7 Å². The van der Waals surface area contributed by atoms with Gasteiger partial charge in [0.05, 0.1) is 11.5 Å². The van der Waals surface area contributed by atoms with E-state index in [0.717, 1.165) is 12.1 Å². The molecule has 0 saturated heterocycles. The molecule has 0 atom stereocenters. The normalized spacial score (nSPS) is 10.1. The van der Waals surface area contributed by atoms with E-state index in [-0.39, 0.29) is 18.0 Å². The lowest BCUT2D eigenvalue weighted by Gasteiger charge is -2.08. The summed E-state index contributed by atoms with van der Waals surface area (Å²) in [6, 6.07) is 9.65. The summed E-state index contributed by atoms with van der Waals surface area (Å²) in [6.07, 6.45) is 0. The molecule has 8 heteroatoms. The number of nitro groups is 1. The van der Waals surface area contributed by atoms with Crippen molar-refractivity contribution in [3.05, 3.63) is 64.0 Å². The fraction of sp³-hybridized carbons (Fsp3) is 0.125. The van der Waals surface area contributed by atoms with Gasteiger partial charge in [0, 0.05) is 23.0 Å². The molecule has 7 nitrogen and oxygen atoms in total. The number of nitro benzene ring substituents is 1. The van der Waals surface area contributed by atoms with Crippen LogP contribution in [0.5, 0.6) is 0 Å². The van der Waals surface area contributed by atoms with Crippen LogP contribution in [0.2, 0.25) is 0 Å². The molecule has 24 heavy (non-hydrogen) atoms. The van der Waals surface area contributed by atoms with E-state index in [2.05, 4.69) is 10.6 Å². The number of hydrogen-bond donors (Lipinski definition) is 2. The van der Waals surface area contributed by atoms with E-state index < -0.39 is 22.3 Å². The number of carbonyl (C=O) groups excluding carboxylic acids is 2. The first-order valence-electron chi connectivity index (χ1n) is 6.95. The van der Waals surface area contributed by atoms with Crippen LogP contribution in [0.4, 0.5) is 21.5 Å². The predicted molar refractivity (Wildman–Crippen MR) is 86.6 cm³/mol. The molecule has 0 fully saturated rings. The predicted octanol–water partition coefficient (Wildman–Crippen LogP) is 2.99. The van der Waals surface area contributed by atoms with E-state index in [1.165, 1.54) is 13.0 Å². The van der Waals surface area contributed by atoms with Crippen molar-refractivity contribution >= 4 is 28.8 Å². The zero-order valence-electron chi connectivity index (χ0n) is 12.7. The van der Waals surface area contributed by atoms with Crippen molar-refractivity contribution in [3.63, 3.8) is 0 Å². The van der Waals surface area contributed by atoms with Gasteiger partial charge in [0.15, 0.2) is 5.78 Å². The van der Waals surface area contributed by atoms with Gasteiger partial charge in [-0.1, -0.05) is 0 Å². The fourth-order valence-corrected chi connectivity index (χ4v) is 1.94. The summed E-state index contributed by atoms with van der Waals surface area (Å²) in [5, 5.41) is 15.9. The Bertz CT molecular complexity index is 790. The number of carbonyl (C=O) groups is 2. The Kier molecular flexibility index (Phi) is 5.20. The van der Waals surface area contributed by atoms with Gasteiger partial charge in [-0.2, -0.15) is 4.39 Å². The van der Waals surface area contributed by atoms with E-state index in [4.69, 9.17) is 0 Å². The second-order valence-corrected chi connectivity index (χ2v) is 4.96. The van der Waals surface area contributed by atoms with Gasteiger partial charge in [0.25, 0.3) is 0 Å². The lowest BCUT2D eigenvalue weighted by Crippen LogP contribution is -2.21. The standard InChI is InChI=1S/C16H14FN3O4/c1-10(21)11-2-4-12(5-3-11)19-16(22)9-18-13-6-7-14(17)15(8-13)20(23)24/h2-8,18H,9H2,1H3,(H,19,22). The number of ketones is 1. The molecule has 0 bridgehead atoms. The highest BCUT2D eigenvalue weighted by Gasteiger charge is 2.14.